The number of aromatic nitrogens is 3. The average molecular weight is 279 g/mol. The number of aryl methyl sites for hydroxylation is 3. The lowest BCUT2D eigenvalue weighted by Crippen LogP contribution is -2.10. The molecule has 102 valence electrons. The molecule has 0 radical (unpaired) electrons. The summed E-state index contributed by atoms with van der Waals surface area (Å²) in [6, 6.07) is 2.14. The quantitative estimate of drug-likeness (QED) is 0.873. The highest BCUT2D eigenvalue weighted by Crippen LogP contribution is 2.28. The second-order valence-electron chi connectivity index (χ2n) is 4.93. The van der Waals surface area contributed by atoms with Gasteiger partial charge in [-0.25, -0.2) is 4.98 Å². The summed E-state index contributed by atoms with van der Waals surface area (Å²) in [6.07, 6.45) is 1.76. The molecule has 1 unspecified atom stereocenters. The molecular formula is C14H19ClN4. The predicted octanol–water partition coefficient (Wildman–Crippen LogP) is 3.57. The molecule has 4 nitrogen and oxygen atoms in total. The number of nitrogens with one attached hydrogen (secondary N) is 1. The van der Waals surface area contributed by atoms with Crippen LogP contribution in [0.25, 0.3) is 0 Å². The van der Waals surface area contributed by atoms with Gasteiger partial charge in [-0.05, 0) is 39.3 Å². The number of hydrogen-bond acceptors (Lipinski definition) is 3. The molecule has 19 heavy (non-hydrogen) atoms. The zero-order valence-electron chi connectivity index (χ0n) is 12.0. The van der Waals surface area contributed by atoms with Gasteiger partial charge in [0.25, 0.3) is 0 Å². The maximum atomic E-state index is 6.12. The first-order chi connectivity index (χ1) is 8.90. The van der Waals surface area contributed by atoms with Crippen LogP contribution in [0.4, 0.5) is 5.69 Å². The lowest BCUT2D eigenvalue weighted by molar-refractivity contribution is 0.728. The van der Waals surface area contributed by atoms with Crippen molar-refractivity contribution in [2.24, 2.45) is 7.05 Å². The molecule has 0 saturated heterocycles. The van der Waals surface area contributed by atoms with Crippen molar-refractivity contribution in [1.82, 2.24) is 14.8 Å². The minimum atomic E-state index is 0.134. The predicted molar refractivity (Wildman–Crippen MR) is 78.7 cm³/mol. The molecule has 0 fully saturated rings. The lowest BCUT2D eigenvalue weighted by atomic mass is 10.1. The van der Waals surface area contributed by atoms with Crippen LogP contribution in [-0.4, -0.2) is 14.8 Å². The molecule has 2 aromatic rings. The van der Waals surface area contributed by atoms with E-state index in [0.717, 1.165) is 22.6 Å². The summed E-state index contributed by atoms with van der Waals surface area (Å²) in [6.45, 7) is 8.20. The second kappa shape index (κ2) is 5.21. The van der Waals surface area contributed by atoms with Crippen molar-refractivity contribution in [2.75, 3.05) is 5.32 Å². The van der Waals surface area contributed by atoms with E-state index in [1.165, 1.54) is 5.56 Å². The smallest absolute Gasteiger partial charge is 0.152 e. The van der Waals surface area contributed by atoms with Gasteiger partial charge in [0.05, 0.1) is 17.4 Å². The fourth-order valence-electron chi connectivity index (χ4n) is 2.38. The van der Waals surface area contributed by atoms with Crippen LogP contribution in [-0.2, 0) is 7.05 Å². The number of nitrogens with zero attached hydrogens (tertiary/aromatic N) is 3. The van der Waals surface area contributed by atoms with Gasteiger partial charge >= 0.3 is 0 Å². The summed E-state index contributed by atoms with van der Waals surface area (Å²) in [5, 5.41) is 8.35. The summed E-state index contributed by atoms with van der Waals surface area (Å²) < 4.78 is 1.90. The van der Waals surface area contributed by atoms with Gasteiger partial charge in [-0.15, -0.1) is 0 Å². The van der Waals surface area contributed by atoms with E-state index in [1.54, 1.807) is 6.20 Å². The highest BCUT2D eigenvalue weighted by molar-refractivity contribution is 6.31. The van der Waals surface area contributed by atoms with E-state index < -0.39 is 0 Å². The van der Waals surface area contributed by atoms with Crippen LogP contribution in [0, 0.1) is 20.8 Å². The molecule has 0 saturated carbocycles. The number of anilines is 1. The third kappa shape index (κ3) is 2.73. The Morgan fingerprint density at radius 1 is 1.32 bits per heavy atom. The van der Waals surface area contributed by atoms with Crippen LogP contribution in [0.5, 0.6) is 0 Å². The maximum absolute atomic E-state index is 6.12. The van der Waals surface area contributed by atoms with E-state index >= 15 is 0 Å². The summed E-state index contributed by atoms with van der Waals surface area (Å²) >= 11 is 6.12. The van der Waals surface area contributed by atoms with Crippen molar-refractivity contribution in [2.45, 2.75) is 33.7 Å². The zero-order valence-corrected chi connectivity index (χ0v) is 12.7. The fraction of sp³-hybridized carbons (Fsp3) is 0.429. The monoisotopic (exact) mass is 278 g/mol. The third-order valence-electron chi connectivity index (χ3n) is 3.35. The number of hydrogen-bond donors (Lipinski definition) is 1. The van der Waals surface area contributed by atoms with E-state index in [4.69, 9.17) is 11.6 Å². The number of rotatable bonds is 3. The Hall–Kier alpha value is -1.55. The lowest BCUT2D eigenvalue weighted by Gasteiger charge is -2.17. The molecule has 0 bridgehead atoms. The van der Waals surface area contributed by atoms with Crippen LogP contribution < -0.4 is 5.32 Å². The Bertz CT molecular complexity index is 604. The molecule has 5 heteroatoms. The first kappa shape index (κ1) is 13.9. The van der Waals surface area contributed by atoms with Crippen molar-refractivity contribution < 1.29 is 0 Å². The zero-order chi connectivity index (χ0) is 14.2. The van der Waals surface area contributed by atoms with Crippen molar-refractivity contribution in [1.29, 1.82) is 0 Å². The van der Waals surface area contributed by atoms with Crippen LogP contribution in [0.3, 0.4) is 0 Å². The molecule has 1 atom stereocenters. The van der Waals surface area contributed by atoms with Crippen LogP contribution in [0.1, 0.15) is 35.5 Å². The molecule has 0 spiro atoms. The van der Waals surface area contributed by atoms with Gasteiger partial charge in [0.2, 0.25) is 0 Å². The number of pyridine rings is 1. The number of halogens is 1. The Labute approximate surface area is 118 Å². The second-order valence-corrected chi connectivity index (χ2v) is 5.28. The van der Waals surface area contributed by atoms with Crippen molar-refractivity contribution in [3.63, 3.8) is 0 Å². The molecule has 0 aliphatic carbocycles. The fourth-order valence-corrected chi connectivity index (χ4v) is 2.53. The Morgan fingerprint density at radius 3 is 2.58 bits per heavy atom. The average Bonchev–Trinajstić information content (AvgIpc) is 2.58. The van der Waals surface area contributed by atoms with Crippen LogP contribution in [0.2, 0.25) is 5.15 Å². The minimum Gasteiger partial charge on any atom is -0.376 e. The van der Waals surface area contributed by atoms with Gasteiger partial charge in [0.1, 0.15) is 0 Å². The van der Waals surface area contributed by atoms with Gasteiger partial charge in [-0.3, -0.25) is 4.68 Å². The first-order valence-electron chi connectivity index (χ1n) is 6.29. The van der Waals surface area contributed by atoms with Gasteiger partial charge in [0.15, 0.2) is 5.15 Å². The molecule has 0 aromatic carbocycles. The van der Waals surface area contributed by atoms with Crippen molar-refractivity contribution >= 4 is 17.3 Å². The van der Waals surface area contributed by atoms with E-state index in [0.29, 0.717) is 5.15 Å². The molecular weight excluding hydrogens is 260 g/mol. The van der Waals surface area contributed by atoms with E-state index in [2.05, 4.69) is 29.2 Å². The largest absolute Gasteiger partial charge is 0.376 e. The summed E-state index contributed by atoms with van der Waals surface area (Å²) in [7, 11) is 1.96. The molecule has 1 N–H and O–H groups in total. The maximum Gasteiger partial charge on any atom is 0.152 e. The van der Waals surface area contributed by atoms with E-state index in [1.807, 2.05) is 31.6 Å². The topological polar surface area (TPSA) is 42.7 Å². The van der Waals surface area contributed by atoms with Gasteiger partial charge < -0.3 is 5.32 Å². The van der Waals surface area contributed by atoms with Gasteiger partial charge in [-0.1, -0.05) is 11.6 Å². The first-order valence-corrected chi connectivity index (χ1v) is 6.66. The van der Waals surface area contributed by atoms with Crippen molar-refractivity contribution in [3.8, 4) is 0 Å². The van der Waals surface area contributed by atoms with Crippen LogP contribution in [0.15, 0.2) is 12.3 Å². The van der Waals surface area contributed by atoms with Gasteiger partial charge in [-0.2, -0.15) is 5.10 Å². The minimum absolute atomic E-state index is 0.134. The summed E-state index contributed by atoms with van der Waals surface area (Å²) in [4.78, 5) is 4.16. The molecule has 2 aromatic heterocycles. The Balaban J connectivity index is 2.30. The van der Waals surface area contributed by atoms with Gasteiger partial charge in [0, 0.05) is 24.5 Å². The molecule has 0 amide bonds. The molecule has 2 heterocycles. The third-order valence-corrected chi connectivity index (χ3v) is 3.65. The normalized spacial score (nSPS) is 12.5. The van der Waals surface area contributed by atoms with Crippen LogP contribution >= 0.6 is 11.6 Å². The van der Waals surface area contributed by atoms with E-state index in [-0.39, 0.29) is 6.04 Å². The highest BCUT2D eigenvalue weighted by Gasteiger charge is 2.17. The molecule has 0 aliphatic rings. The van der Waals surface area contributed by atoms with Crippen molar-refractivity contribution in [3.05, 3.63) is 39.9 Å². The van der Waals surface area contributed by atoms with E-state index in [9.17, 15) is 0 Å². The standard InChI is InChI=1S/C14H19ClN4/c1-8-6-12(14(15)16-7-8)17-9(2)13-10(3)18-19(5)11(13)4/h6-7,9,17H,1-5H3. The highest BCUT2D eigenvalue weighted by atomic mass is 35.5. The molecule has 2 rings (SSSR count). The Morgan fingerprint density at radius 2 is 2.00 bits per heavy atom. The summed E-state index contributed by atoms with van der Waals surface area (Å²) in [5.41, 5.74) is 5.35. The summed E-state index contributed by atoms with van der Waals surface area (Å²) in [5.74, 6) is 0. The molecule has 0 aliphatic heterocycles. The Kier molecular flexibility index (Phi) is 3.80. The SMILES string of the molecule is Cc1cnc(Cl)c(NC(C)c2c(C)nn(C)c2C)c1.